The van der Waals surface area contributed by atoms with Crippen molar-refractivity contribution in [2.45, 2.75) is 6.54 Å². The van der Waals surface area contributed by atoms with E-state index in [-0.39, 0.29) is 12.1 Å². The quantitative estimate of drug-likeness (QED) is 0.805. The van der Waals surface area contributed by atoms with Gasteiger partial charge in [0.25, 0.3) is 5.56 Å². The van der Waals surface area contributed by atoms with Gasteiger partial charge in [-0.3, -0.25) is 14.2 Å². The van der Waals surface area contributed by atoms with Crippen LogP contribution in [0.5, 0.6) is 0 Å². The highest BCUT2D eigenvalue weighted by Gasteiger charge is 2.13. The summed E-state index contributed by atoms with van der Waals surface area (Å²) in [5.41, 5.74) is -0.360. The number of amides is 1. The molecule has 0 aliphatic heterocycles. The molecule has 1 aromatic carbocycles. The second-order valence-corrected chi connectivity index (χ2v) is 5.37. The van der Waals surface area contributed by atoms with E-state index in [0.717, 1.165) is 16.7 Å². The molecule has 0 atom stereocenters. The summed E-state index contributed by atoms with van der Waals surface area (Å²) in [6, 6.07) is 4.95. The molecule has 0 spiro atoms. The maximum Gasteiger partial charge on any atom is 0.271 e. The van der Waals surface area contributed by atoms with Crippen LogP contribution in [0.15, 0.2) is 40.8 Å². The van der Waals surface area contributed by atoms with Gasteiger partial charge in [-0.2, -0.15) is 0 Å². The predicted molar refractivity (Wildman–Crippen MR) is 78.9 cm³/mol. The van der Waals surface area contributed by atoms with Crippen LogP contribution in [0.1, 0.15) is 0 Å². The number of carbonyl (C=O) groups excluding carboxylic acids is 1. The van der Waals surface area contributed by atoms with Crippen molar-refractivity contribution < 1.29 is 13.6 Å². The molecule has 8 heteroatoms. The van der Waals surface area contributed by atoms with E-state index < -0.39 is 23.2 Å². The van der Waals surface area contributed by atoms with E-state index in [9.17, 15) is 18.4 Å². The van der Waals surface area contributed by atoms with Crippen molar-refractivity contribution in [3.63, 3.8) is 0 Å². The molecule has 0 saturated carbocycles. The molecule has 1 amide bonds. The minimum Gasteiger partial charge on any atom is -0.320 e. The number of anilines is 1. The molecule has 0 radical (unpaired) electrons. The molecule has 0 aliphatic rings. The van der Waals surface area contributed by atoms with Gasteiger partial charge in [0.05, 0.1) is 11.8 Å². The Morgan fingerprint density at radius 1 is 1.27 bits per heavy atom. The molecule has 22 heavy (non-hydrogen) atoms. The van der Waals surface area contributed by atoms with E-state index in [0.29, 0.717) is 10.2 Å². The van der Waals surface area contributed by atoms with Gasteiger partial charge in [-0.25, -0.2) is 13.8 Å². The summed E-state index contributed by atoms with van der Waals surface area (Å²) in [5.74, 6) is -2.48. The first-order valence-corrected chi connectivity index (χ1v) is 7.11. The van der Waals surface area contributed by atoms with Crippen LogP contribution in [0.25, 0.3) is 10.2 Å². The van der Waals surface area contributed by atoms with Gasteiger partial charge in [0.1, 0.15) is 28.6 Å². The van der Waals surface area contributed by atoms with Crippen LogP contribution in [0.3, 0.4) is 0 Å². The SMILES string of the molecule is O=C(Cn1cnc2ccsc2c1=O)Nc1c(F)cccc1F. The first-order chi connectivity index (χ1) is 10.6. The van der Waals surface area contributed by atoms with Crippen molar-refractivity contribution in [1.82, 2.24) is 9.55 Å². The summed E-state index contributed by atoms with van der Waals surface area (Å²) in [6.07, 6.45) is 1.23. The highest BCUT2D eigenvalue weighted by Crippen LogP contribution is 2.18. The van der Waals surface area contributed by atoms with Crippen LogP contribution in [0, 0.1) is 11.6 Å². The van der Waals surface area contributed by atoms with Crippen molar-refractivity contribution in [2.75, 3.05) is 5.32 Å². The Balaban J connectivity index is 1.84. The number of rotatable bonds is 3. The molecule has 112 valence electrons. The summed E-state index contributed by atoms with van der Waals surface area (Å²) >= 11 is 1.22. The third kappa shape index (κ3) is 2.60. The van der Waals surface area contributed by atoms with Crippen LogP contribution in [-0.2, 0) is 11.3 Å². The molecule has 0 aliphatic carbocycles. The topological polar surface area (TPSA) is 64.0 Å². The number of halogens is 2. The molecule has 0 bridgehead atoms. The molecule has 5 nitrogen and oxygen atoms in total. The van der Waals surface area contributed by atoms with Crippen molar-refractivity contribution in [1.29, 1.82) is 0 Å². The Morgan fingerprint density at radius 2 is 2.00 bits per heavy atom. The lowest BCUT2D eigenvalue weighted by molar-refractivity contribution is -0.116. The third-order valence-corrected chi connectivity index (χ3v) is 3.87. The van der Waals surface area contributed by atoms with E-state index in [4.69, 9.17) is 0 Å². The van der Waals surface area contributed by atoms with Crippen LogP contribution in [0.4, 0.5) is 14.5 Å². The fraction of sp³-hybridized carbons (Fsp3) is 0.0714. The van der Waals surface area contributed by atoms with Crippen molar-refractivity contribution in [3.8, 4) is 0 Å². The number of aromatic nitrogens is 2. The van der Waals surface area contributed by atoms with Crippen molar-refractivity contribution >= 4 is 33.1 Å². The van der Waals surface area contributed by atoms with Crippen LogP contribution >= 0.6 is 11.3 Å². The maximum atomic E-state index is 13.5. The zero-order chi connectivity index (χ0) is 15.7. The maximum absolute atomic E-state index is 13.5. The van der Waals surface area contributed by atoms with Crippen molar-refractivity contribution in [3.05, 3.63) is 58.0 Å². The van der Waals surface area contributed by atoms with Gasteiger partial charge >= 0.3 is 0 Å². The predicted octanol–water partition coefficient (Wildman–Crippen LogP) is 2.37. The number of benzene rings is 1. The summed E-state index contributed by atoms with van der Waals surface area (Å²) in [6.45, 7) is -0.382. The Morgan fingerprint density at radius 3 is 2.73 bits per heavy atom. The Labute approximate surface area is 126 Å². The number of para-hydroxylation sites is 1. The Bertz CT molecular complexity index is 900. The smallest absolute Gasteiger partial charge is 0.271 e. The van der Waals surface area contributed by atoms with E-state index in [2.05, 4.69) is 10.3 Å². The first kappa shape index (κ1) is 14.3. The monoisotopic (exact) mass is 321 g/mol. The van der Waals surface area contributed by atoms with Crippen LogP contribution in [0.2, 0.25) is 0 Å². The largest absolute Gasteiger partial charge is 0.320 e. The fourth-order valence-electron chi connectivity index (χ4n) is 1.94. The molecule has 2 aromatic heterocycles. The summed E-state index contributed by atoms with van der Waals surface area (Å²) < 4.78 is 28.4. The van der Waals surface area contributed by atoms with Crippen molar-refractivity contribution in [2.24, 2.45) is 0 Å². The van der Waals surface area contributed by atoms with Gasteiger partial charge in [-0.1, -0.05) is 6.07 Å². The molecule has 0 unspecified atom stereocenters. The number of carbonyl (C=O) groups is 1. The minimum atomic E-state index is -0.882. The average molecular weight is 321 g/mol. The van der Waals surface area contributed by atoms with Crippen LogP contribution in [-0.4, -0.2) is 15.5 Å². The lowest BCUT2D eigenvalue weighted by atomic mass is 10.3. The molecule has 1 N–H and O–H groups in total. The zero-order valence-corrected chi connectivity index (χ0v) is 11.9. The minimum absolute atomic E-state index is 0.371. The standard InChI is InChI=1S/C14H9F2N3O2S/c15-8-2-1-3-9(16)12(8)18-11(20)6-19-7-17-10-4-5-22-13(10)14(19)21/h1-5,7H,6H2,(H,18,20). The molecule has 0 saturated heterocycles. The van der Waals surface area contributed by atoms with Gasteiger partial charge in [0, 0.05) is 0 Å². The fourth-order valence-corrected chi connectivity index (χ4v) is 2.74. The van der Waals surface area contributed by atoms with Gasteiger partial charge in [0.2, 0.25) is 5.91 Å². The molecule has 3 aromatic rings. The number of hydrogen-bond acceptors (Lipinski definition) is 4. The summed E-state index contributed by atoms with van der Waals surface area (Å²) in [5, 5.41) is 3.84. The first-order valence-electron chi connectivity index (χ1n) is 6.23. The molecule has 3 rings (SSSR count). The molecular formula is C14H9F2N3O2S. The molecular weight excluding hydrogens is 312 g/mol. The van der Waals surface area contributed by atoms with Gasteiger partial charge < -0.3 is 5.32 Å². The highest BCUT2D eigenvalue weighted by molar-refractivity contribution is 7.17. The number of thiophene rings is 1. The molecule has 2 heterocycles. The summed E-state index contributed by atoms with van der Waals surface area (Å²) in [7, 11) is 0. The highest BCUT2D eigenvalue weighted by atomic mass is 32.1. The second-order valence-electron chi connectivity index (χ2n) is 4.46. The number of hydrogen-bond donors (Lipinski definition) is 1. The second kappa shape index (κ2) is 5.64. The van der Waals surface area contributed by atoms with E-state index in [1.165, 1.54) is 23.7 Å². The van der Waals surface area contributed by atoms with Gasteiger partial charge in [0.15, 0.2) is 0 Å². The third-order valence-electron chi connectivity index (χ3n) is 2.98. The van der Waals surface area contributed by atoms with E-state index in [1.54, 1.807) is 11.4 Å². The zero-order valence-electron chi connectivity index (χ0n) is 11.0. The van der Waals surface area contributed by atoms with E-state index in [1.807, 2.05) is 0 Å². The summed E-state index contributed by atoms with van der Waals surface area (Å²) in [4.78, 5) is 28.0. The van der Waals surface area contributed by atoms with Gasteiger partial charge in [-0.05, 0) is 23.6 Å². The molecule has 0 fully saturated rings. The van der Waals surface area contributed by atoms with Crippen LogP contribution < -0.4 is 10.9 Å². The number of nitrogens with one attached hydrogen (secondary N) is 1. The Kier molecular flexibility index (Phi) is 3.68. The van der Waals surface area contributed by atoms with Gasteiger partial charge in [-0.15, -0.1) is 11.3 Å². The normalized spacial score (nSPS) is 10.8. The number of fused-ring (bicyclic) bond motifs is 1. The lowest BCUT2D eigenvalue weighted by Gasteiger charge is -2.08. The Hall–Kier alpha value is -2.61. The lowest BCUT2D eigenvalue weighted by Crippen LogP contribution is -2.28. The average Bonchev–Trinajstić information content (AvgIpc) is 2.95. The number of nitrogens with zero attached hydrogens (tertiary/aromatic N) is 2. The van der Waals surface area contributed by atoms with E-state index >= 15 is 0 Å².